The van der Waals surface area contributed by atoms with Crippen LogP contribution >= 0.6 is 27.5 Å². The van der Waals surface area contributed by atoms with Gasteiger partial charge in [-0.1, -0.05) is 51.8 Å². The average molecular weight is 494 g/mol. The summed E-state index contributed by atoms with van der Waals surface area (Å²) in [6, 6.07) is 20.0. The number of nitrogens with one attached hydrogen (secondary N) is 1. The number of anilines is 2. The Morgan fingerprint density at radius 1 is 1.03 bits per heavy atom. The summed E-state index contributed by atoms with van der Waals surface area (Å²) < 4.78 is 28.6. The molecule has 0 heterocycles. The van der Waals surface area contributed by atoms with Crippen molar-refractivity contribution in [3.05, 3.63) is 87.9 Å². The van der Waals surface area contributed by atoms with Crippen LogP contribution in [0, 0.1) is 6.92 Å². The Kier molecular flexibility index (Phi) is 6.62. The maximum atomic E-state index is 13.3. The highest BCUT2D eigenvalue weighted by molar-refractivity contribution is 9.10. The molecule has 0 saturated heterocycles. The highest BCUT2D eigenvalue weighted by Gasteiger charge is 2.28. The van der Waals surface area contributed by atoms with Crippen molar-refractivity contribution in [3.8, 4) is 0 Å². The van der Waals surface area contributed by atoms with Gasteiger partial charge < -0.3 is 5.32 Å². The van der Waals surface area contributed by atoms with Crippen molar-refractivity contribution in [3.63, 3.8) is 0 Å². The molecule has 0 aliphatic heterocycles. The Hall–Kier alpha value is -2.35. The first-order chi connectivity index (χ1) is 13.8. The van der Waals surface area contributed by atoms with Crippen LogP contribution in [0.3, 0.4) is 0 Å². The quantitative estimate of drug-likeness (QED) is 0.510. The summed E-state index contributed by atoms with van der Waals surface area (Å²) in [6.45, 7) is 1.42. The van der Waals surface area contributed by atoms with Gasteiger partial charge in [0.15, 0.2) is 0 Å². The minimum Gasteiger partial charge on any atom is -0.324 e. The van der Waals surface area contributed by atoms with E-state index in [2.05, 4.69) is 21.2 Å². The Bertz CT molecular complexity index is 1130. The molecule has 0 saturated carbocycles. The first-order valence-electron chi connectivity index (χ1n) is 8.67. The lowest BCUT2D eigenvalue weighted by molar-refractivity contribution is -0.114. The minimum absolute atomic E-state index is 0.0559. The van der Waals surface area contributed by atoms with E-state index in [1.54, 1.807) is 43.3 Å². The van der Waals surface area contributed by atoms with Crippen LogP contribution in [0.4, 0.5) is 11.4 Å². The molecule has 0 aliphatic carbocycles. The lowest BCUT2D eigenvalue weighted by Crippen LogP contribution is -2.38. The number of para-hydroxylation sites is 1. The van der Waals surface area contributed by atoms with Gasteiger partial charge in [0.2, 0.25) is 5.91 Å². The van der Waals surface area contributed by atoms with Gasteiger partial charge in [-0.15, -0.1) is 0 Å². The molecule has 150 valence electrons. The molecule has 0 unspecified atom stereocenters. The monoisotopic (exact) mass is 492 g/mol. The molecular formula is C21H18BrClN2O3S. The fourth-order valence-electron chi connectivity index (χ4n) is 2.77. The van der Waals surface area contributed by atoms with Crippen molar-refractivity contribution >= 4 is 54.8 Å². The van der Waals surface area contributed by atoms with Crippen LogP contribution in [-0.4, -0.2) is 20.9 Å². The van der Waals surface area contributed by atoms with E-state index < -0.39 is 15.9 Å². The third kappa shape index (κ3) is 5.18. The fraction of sp³-hybridized carbons (Fsp3) is 0.0952. The summed E-state index contributed by atoms with van der Waals surface area (Å²) in [4.78, 5) is 12.8. The maximum absolute atomic E-state index is 13.3. The molecule has 1 N–H and O–H groups in total. The van der Waals surface area contributed by atoms with Crippen molar-refractivity contribution in [2.45, 2.75) is 11.8 Å². The number of hydrogen-bond acceptors (Lipinski definition) is 3. The molecule has 0 aromatic heterocycles. The first kappa shape index (κ1) is 21.4. The number of aryl methyl sites for hydroxylation is 1. The van der Waals surface area contributed by atoms with Crippen LogP contribution in [0.2, 0.25) is 5.02 Å². The molecule has 8 heteroatoms. The van der Waals surface area contributed by atoms with Crippen LogP contribution in [0.1, 0.15) is 5.56 Å². The SMILES string of the molecule is Cc1ccccc1N(CC(=O)Nc1cccc(Br)c1)S(=O)(=O)c1ccc(Cl)cc1. The van der Waals surface area contributed by atoms with Gasteiger partial charge in [0.05, 0.1) is 10.6 Å². The van der Waals surface area contributed by atoms with E-state index in [4.69, 9.17) is 11.6 Å². The van der Waals surface area contributed by atoms with E-state index >= 15 is 0 Å². The Labute approximate surface area is 183 Å². The highest BCUT2D eigenvalue weighted by atomic mass is 79.9. The number of hydrogen-bond donors (Lipinski definition) is 1. The molecule has 0 atom stereocenters. The number of sulfonamides is 1. The molecule has 0 aliphatic rings. The van der Waals surface area contributed by atoms with E-state index in [-0.39, 0.29) is 11.4 Å². The molecular weight excluding hydrogens is 476 g/mol. The summed E-state index contributed by atoms with van der Waals surface area (Å²) >= 11 is 9.24. The van der Waals surface area contributed by atoms with Crippen LogP contribution in [0.5, 0.6) is 0 Å². The van der Waals surface area contributed by atoms with Crippen molar-refractivity contribution < 1.29 is 13.2 Å². The predicted molar refractivity (Wildman–Crippen MR) is 120 cm³/mol. The minimum atomic E-state index is -3.98. The summed E-state index contributed by atoms with van der Waals surface area (Å²) in [7, 11) is -3.98. The van der Waals surface area contributed by atoms with Crippen molar-refractivity contribution in [2.75, 3.05) is 16.2 Å². The number of nitrogens with zero attached hydrogens (tertiary/aromatic N) is 1. The van der Waals surface area contributed by atoms with Gasteiger partial charge in [0, 0.05) is 15.2 Å². The number of rotatable bonds is 6. The number of amides is 1. The fourth-order valence-corrected chi connectivity index (χ4v) is 4.78. The third-order valence-electron chi connectivity index (χ3n) is 4.18. The molecule has 29 heavy (non-hydrogen) atoms. The van der Waals surface area contributed by atoms with E-state index in [9.17, 15) is 13.2 Å². The van der Waals surface area contributed by atoms with E-state index in [1.165, 1.54) is 24.3 Å². The van der Waals surface area contributed by atoms with E-state index in [1.807, 2.05) is 12.1 Å². The zero-order chi connectivity index (χ0) is 21.0. The topological polar surface area (TPSA) is 66.5 Å². The average Bonchev–Trinajstić information content (AvgIpc) is 2.67. The van der Waals surface area contributed by atoms with E-state index in [0.29, 0.717) is 16.4 Å². The van der Waals surface area contributed by atoms with Gasteiger partial charge in [-0.3, -0.25) is 9.10 Å². The number of halogens is 2. The highest BCUT2D eigenvalue weighted by Crippen LogP contribution is 2.27. The zero-order valence-corrected chi connectivity index (χ0v) is 18.6. The second-order valence-electron chi connectivity index (χ2n) is 6.31. The molecule has 0 fully saturated rings. The molecule has 3 aromatic carbocycles. The number of carbonyl (C=O) groups excluding carboxylic acids is 1. The second kappa shape index (κ2) is 8.98. The Morgan fingerprint density at radius 2 is 1.72 bits per heavy atom. The van der Waals surface area contributed by atoms with Crippen LogP contribution in [-0.2, 0) is 14.8 Å². The standard InChI is InChI=1S/C21H18BrClN2O3S/c1-15-5-2-3-8-20(15)25(29(27,28)19-11-9-17(23)10-12-19)14-21(26)24-18-7-4-6-16(22)13-18/h2-13H,14H2,1H3,(H,24,26). The van der Waals surface area contributed by atoms with Gasteiger partial charge in [-0.25, -0.2) is 8.42 Å². The van der Waals surface area contributed by atoms with Crippen molar-refractivity contribution in [1.29, 1.82) is 0 Å². The van der Waals surface area contributed by atoms with Crippen LogP contribution in [0.25, 0.3) is 0 Å². The molecule has 5 nitrogen and oxygen atoms in total. The lowest BCUT2D eigenvalue weighted by Gasteiger charge is -2.25. The summed E-state index contributed by atoms with van der Waals surface area (Å²) in [6.07, 6.45) is 0. The van der Waals surface area contributed by atoms with E-state index in [0.717, 1.165) is 14.3 Å². The van der Waals surface area contributed by atoms with Gasteiger partial charge >= 0.3 is 0 Å². The normalized spacial score (nSPS) is 11.1. The smallest absolute Gasteiger partial charge is 0.264 e. The molecule has 0 bridgehead atoms. The van der Waals surface area contributed by atoms with Gasteiger partial charge in [-0.2, -0.15) is 0 Å². The summed E-state index contributed by atoms with van der Waals surface area (Å²) in [5.74, 6) is -0.455. The van der Waals surface area contributed by atoms with Crippen LogP contribution < -0.4 is 9.62 Å². The number of benzene rings is 3. The zero-order valence-electron chi connectivity index (χ0n) is 15.5. The Morgan fingerprint density at radius 3 is 2.38 bits per heavy atom. The number of carbonyl (C=O) groups is 1. The largest absolute Gasteiger partial charge is 0.324 e. The maximum Gasteiger partial charge on any atom is 0.264 e. The van der Waals surface area contributed by atoms with Gasteiger partial charge in [0.25, 0.3) is 10.0 Å². The summed E-state index contributed by atoms with van der Waals surface area (Å²) in [5, 5.41) is 3.17. The lowest BCUT2D eigenvalue weighted by atomic mass is 10.2. The molecule has 0 spiro atoms. The molecule has 3 rings (SSSR count). The Balaban J connectivity index is 1.96. The summed E-state index contributed by atoms with van der Waals surface area (Å²) in [5.41, 5.74) is 1.74. The molecule has 3 aromatic rings. The van der Waals surface area contributed by atoms with Crippen molar-refractivity contribution in [1.82, 2.24) is 0 Å². The first-order valence-corrected chi connectivity index (χ1v) is 11.3. The molecule has 0 radical (unpaired) electrons. The third-order valence-corrected chi connectivity index (χ3v) is 6.70. The van der Waals surface area contributed by atoms with Gasteiger partial charge in [-0.05, 0) is 61.0 Å². The molecule has 1 amide bonds. The van der Waals surface area contributed by atoms with Gasteiger partial charge in [0.1, 0.15) is 6.54 Å². The second-order valence-corrected chi connectivity index (χ2v) is 9.53. The predicted octanol–water partition coefficient (Wildman–Crippen LogP) is 5.24. The van der Waals surface area contributed by atoms with Crippen LogP contribution in [0.15, 0.2) is 82.2 Å². The van der Waals surface area contributed by atoms with Crippen molar-refractivity contribution in [2.24, 2.45) is 0 Å².